The Labute approximate surface area is 192 Å². The molecular formula is C17H27NaO10Si. The van der Waals surface area contributed by atoms with Gasteiger partial charge in [-0.15, -0.1) is 0 Å². The van der Waals surface area contributed by atoms with Crippen LogP contribution in [0.4, 0.5) is 4.79 Å². The van der Waals surface area contributed by atoms with E-state index in [-0.39, 0.29) is 36.2 Å². The van der Waals surface area contributed by atoms with Gasteiger partial charge in [0.05, 0.1) is 12.7 Å². The molecule has 2 fully saturated rings. The molecule has 12 heteroatoms. The van der Waals surface area contributed by atoms with Crippen LogP contribution in [0.3, 0.4) is 0 Å². The van der Waals surface area contributed by atoms with Gasteiger partial charge in [0.25, 0.3) is 0 Å². The molecule has 0 spiro atoms. The van der Waals surface area contributed by atoms with Crippen LogP contribution in [0.2, 0.25) is 25.7 Å². The number of hydrogen-bond acceptors (Lipinski definition) is 10. The van der Waals surface area contributed by atoms with Crippen molar-refractivity contribution in [2.75, 3.05) is 6.61 Å². The Hall–Kier alpha value is -0.533. The molecule has 0 bridgehead atoms. The molecule has 0 aliphatic carbocycles. The summed E-state index contributed by atoms with van der Waals surface area (Å²) in [6, 6.07) is 0.744. The van der Waals surface area contributed by atoms with Crippen molar-refractivity contribution in [3.63, 3.8) is 0 Å². The maximum Gasteiger partial charge on any atom is 1.00 e. The Morgan fingerprint density at radius 3 is 2.38 bits per heavy atom. The zero-order valence-corrected chi connectivity index (χ0v) is 20.6. The van der Waals surface area contributed by atoms with Crippen LogP contribution in [0.15, 0.2) is 0 Å². The normalized spacial score (nSPS) is 28.8. The molecule has 0 unspecified atom stereocenters. The number of fused-ring (bicyclic) bond motifs is 1. The van der Waals surface area contributed by atoms with E-state index in [9.17, 15) is 24.6 Å². The van der Waals surface area contributed by atoms with Gasteiger partial charge in [-0.2, -0.15) is 0 Å². The van der Waals surface area contributed by atoms with E-state index >= 15 is 0 Å². The molecule has 2 rings (SSSR count). The van der Waals surface area contributed by atoms with Crippen LogP contribution in [0.25, 0.3) is 0 Å². The maximum absolute atomic E-state index is 12.1. The number of carboxylic acids is 1. The molecule has 2 saturated heterocycles. The van der Waals surface area contributed by atoms with Crippen LogP contribution in [0.5, 0.6) is 0 Å². The van der Waals surface area contributed by atoms with Crippen molar-refractivity contribution in [2.45, 2.75) is 82.4 Å². The number of aliphatic hydroxyl groups excluding tert-OH is 1. The van der Waals surface area contributed by atoms with Crippen molar-refractivity contribution in [3.8, 4) is 0 Å². The SMILES string of the molecule is CC1(C)O[C@H]2O[C@H]([C@@H](O)CC(=O)C(=O)[O-])[C@H](OC(=O)OCC[Si](C)(C)C)[C@H]2O1.[Na+]. The average molecular weight is 442 g/mol. The van der Waals surface area contributed by atoms with Gasteiger partial charge in [-0.25, -0.2) is 4.79 Å². The number of aliphatic carboxylic acids is 1. The fourth-order valence-corrected chi connectivity index (χ4v) is 3.64. The molecule has 10 nitrogen and oxygen atoms in total. The molecule has 160 valence electrons. The van der Waals surface area contributed by atoms with E-state index in [1.807, 2.05) is 0 Å². The quantitative estimate of drug-likeness (QED) is 0.232. The van der Waals surface area contributed by atoms with Gasteiger partial charge in [0, 0.05) is 14.5 Å². The number of ether oxygens (including phenoxy) is 5. The third-order valence-electron chi connectivity index (χ3n) is 4.33. The van der Waals surface area contributed by atoms with Crippen molar-refractivity contribution >= 4 is 26.0 Å². The summed E-state index contributed by atoms with van der Waals surface area (Å²) in [6.45, 7) is 9.86. The number of aliphatic hydroxyl groups is 1. The molecule has 0 radical (unpaired) electrons. The summed E-state index contributed by atoms with van der Waals surface area (Å²) in [7, 11) is -1.41. The zero-order valence-electron chi connectivity index (χ0n) is 17.6. The number of carboxylic acid groups (broad SMARTS) is 1. The van der Waals surface area contributed by atoms with E-state index in [1.165, 1.54) is 0 Å². The monoisotopic (exact) mass is 442 g/mol. The number of Topliss-reactive ketones (excluding diaryl/α,β-unsaturated/α-hetero) is 1. The van der Waals surface area contributed by atoms with E-state index in [0.717, 1.165) is 6.04 Å². The summed E-state index contributed by atoms with van der Waals surface area (Å²) < 4.78 is 27.2. The summed E-state index contributed by atoms with van der Waals surface area (Å²) >= 11 is 0. The smallest absolute Gasteiger partial charge is 0.542 e. The van der Waals surface area contributed by atoms with Crippen molar-refractivity contribution in [3.05, 3.63) is 0 Å². The van der Waals surface area contributed by atoms with Gasteiger partial charge in [-0.05, 0) is 19.9 Å². The maximum atomic E-state index is 12.1. The largest absolute Gasteiger partial charge is 1.00 e. The van der Waals surface area contributed by atoms with Crippen molar-refractivity contribution in [1.29, 1.82) is 0 Å². The molecule has 0 amide bonds. The topological polar surface area (TPSA) is 141 Å². The van der Waals surface area contributed by atoms with E-state index in [2.05, 4.69) is 19.6 Å². The van der Waals surface area contributed by atoms with E-state index in [0.29, 0.717) is 0 Å². The van der Waals surface area contributed by atoms with E-state index in [4.69, 9.17) is 23.7 Å². The third kappa shape index (κ3) is 7.58. The first-order valence-electron chi connectivity index (χ1n) is 9.06. The van der Waals surface area contributed by atoms with Gasteiger partial charge in [0.15, 0.2) is 30.1 Å². The fraction of sp³-hybridized carbons (Fsp3) is 0.824. The van der Waals surface area contributed by atoms with E-state index < -0.39 is 68.9 Å². The second-order valence-electron chi connectivity index (χ2n) is 8.54. The molecule has 2 aliphatic heterocycles. The summed E-state index contributed by atoms with van der Waals surface area (Å²) in [4.78, 5) is 34.1. The average Bonchev–Trinajstić information content (AvgIpc) is 2.99. The van der Waals surface area contributed by atoms with Crippen LogP contribution in [-0.4, -0.2) is 74.2 Å². The van der Waals surface area contributed by atoms with Gasteiger partial charge < -0.3 is 38.7 Å². The zero-order chi connectivity index (χ0) is 21.3. The Morgan fingerprint density at radius 2 is 1.83 bits per heavy atom. The van der Waals surface area contributed by atoms with Crippen LogP contribution in [-0.2, 0) is 33.3 Å². The van der Waals surface area contributed by atoms with Gasteiger partial charge in [0.1, 0.15) is 12.1 Å². The summed E-state index contributed by atoms with van der Waals surface area (Å²) in [6.07, 6.45) is -7.48. The van der Waals surface area contributed by atoms with Gasteiger partial charge >= 0.3 is 35.7 Å². The Balaban J connectivity index is 0.00000420. The molecule has 2 heterocycles. The van der Waals surface area contributed by atoms with Gasteiger partial charge in [-0.3, -0.25) is 4.79 Å². The fourth-order valence-electron chi connectivity index (χ4n) is 2.92. The first-order chi connectivity index (χ1) is 12.8. The number of rotatable bonds is 8. The molecule has 2 aliphatic rings. The standard InChI is InChI=1S/C17H28O10Si.Na/c1-17(2)26-13-12(25-16(22)23-6-7-28(3,4)5)11(24-15(13)27-17)9(18)8-10(19)14(20)21;/h9,11-13,15,18H,6-8H2,1-5H3,(H,20,21);/q;+1/p-1/t9-,11+,12-,13+,15+;/m0./s1. The first kappa shape index (κ1) is 26.5. The minimum Gasteiger partial charge on any atom is -0.542 e. The van der Waals surface area contributed by atoms with Crippen molar-refractivity contribution in [1.82, 2.24) is 0 Å². The second kappa shape index (κ2) is 10.2. The molecule has 5 atom stereocenters. The van der Waals surface area contributed by atoms with Crippen LogP contribution >= 0.6 is 0 Å². The number of ketones is 1. The molecular weight excluding hydrogens is 415 g/mol. The van der Waals surface area contributed by atoms with Crippen LogP contribution in [0, 0.1) is 0 Å². The molecule has 0 aromatic carbocycles. The minimum atomic E-state index is -1.92. The predicted octanol–water partition coefficient (Wildman–Crippen LogP) is -3.20. The number of hydrogen-bond donors (Lipinski definition) is 1. The molecule has 0 aromatic rings. The van der Waals surface area contributed by atoms with Crippen molar-refractivity contribution in [2.24, 2.45) is 0 Å². The Bertz CT molecular complexity index is 620. The third-order valence-corrected chi connectivity index (χ3v) is 6.04. The summed E-state index contributed by atoms with van der Waals surface area (Å²) in [5.41, 5.74) is 0. The van der Waals surface area contributed by atoms with Crippen LogP contribution < -0.4 is 34.7 Å². The van der Waals surface area contributed by atoms with Gasteiger partial charge in [0.2, 0.25) is 0 Å². The van der Waals surface area contributed by atoms with Gasteiger partial charge in [-0.1, -0.05) is 19.6 Å². The Morgan fingerprint density at radius 1 is 1.21 bits per heavy atom. The summed E-state index contributed by atoms with van der Waals surface area (Å²) in [5.74, 6) is -4.23. The van der Waals surface area contributed by atoms with E-state index in [1.54, 1.807) is 13.8 Å². The molecule has 29 heavy (non-hydrogen) atoms. The Kier molecular flexibility index (Phi) is 9.31. The van der Waals surface area contributed by atoms with Crippen LogP contribution in [0.1, 0.15) is 20.3 Å². The molecule has 1 N–H and O–H groups in total. The van der Waals surface area contributed by atoms with Crippen molar-refractivity contribution < 1.29 is 77.8 Å². The second-order valence-corrected chi connectivity index (χ2v) is 14.2. The molecule has 0 aromatic heterocycles. The predicted molar refractivity (Wildman–Crippen MR) is 93.7 cm³/mol. The first-order valence-corrected chi connectivity index (χ1v) is 12.8. The molecule has 0 saturated carbocycles. The minimum absolute atomic E-state index is 0. The number of carbonyl (C=O) groups is 3. The number of carbonyl (C=O) groups excluding carboxylic acids is 3. The summed E-state index contributed by atoms with van der Waals surface area (Å²) in [5, 5.41) is 20.9.